The molecule has 3 unspecified atom stereocenters. The Labute approximate surface area is 155 Å². The topological polar surface area (TPSA) is 63.5 Å². The third-order valence-corrected chi connectivity index (χ3v) is 5.28. The average molecular weight is 358 g/mol. The average Bonchev–Trinajstić information content (AvgIpc) is 3.08. The number of hydrogen-bond acceptors (Lipinski definition) is 4. The minimum Gasteiger partial charge on any atom is -0.490 e. The van der Waals surface area contributed by atoms with Gasteiger partial charge >= 0.3 is 0 Å². The number of hydrogen-bond donors (Lipinski definition) is 2. The van der Waals surface area contributed by atoms with Crippen molar-refractivity contribution in [3.05, 3.63) is 30.0 Å². The van der Waals surface area contributed by atoms with Crippen molar-refractivity contribution in [2.24, 2.45) is 11.8 Å². The maximum Gasteiger partial charge on any atom is 0.220 e. The van der Waals surface area contributed by atoms with E-state index < -0.39 is 0 Å². The standard InChI is InChI=1S/C21H30N2O3/c1-4-25-18-9-5-7-16-12-19(26-21(16)18)15(3)23-20(24)11-14(2)17-8-6-10-22-13-17/h5,7,9,12,14-15,17,22H,4,6,8,10-11,13H2,1-3H3,(H,23,24). The monoisotopic (exact) mass is 358 g/mol. The predicted octanol–water partition coefficient (Wildman–Crippen LogP) is 4.03. The Balaban J connectivity index is 1.62. The molecule has 1 saturated heterocycles. The van der Waals surface area contributed by atoms with E-state index in [1.54, 1.807) is 0 Å². The third-order valence-electron chi connectivity index (χ3n) is 5.28. The molecule has 2 N–H and O–H groups in total. The molecule has 2 heterocycles. The summed E-state index contributed by atoms with van der Waals surface area (Å²) in [6.45, 7) is 8.81. The number of rotatable bonds is 7. The van der Waals surface area contributed by atoms with Crippen LogP contribution < -0.4 is 15.4 Å². The number of carbonyl (C=O) groups excluding carboxylic acids is 1. The fourth-order valence-electron chi connectivity index (χ4n) is 3.73. The number of para-hydroxylation sites is 1. The van der Waals surface area contributed by atoms with Crippen molar-refractivity contribution in [3.8, 4) is 5.75 Å². The highest BCUT2D eigenvalue weighted by atomic mass is 16.5. The van der Waals surface area contributed by atoms with Crippen LogP contribution in [-0.4, -0.2) is 25.6 Å². The molecule has 0 spiro atoms. The van der Waals surface area contributed by atoms with Crippen LogP contribution in [0.3, 0.4) is 0 Å². The summed E-state index contributed by atoms with van der Waals surface area (Å²) in [5.41, 5.74) is 0.743. The van der Waals surface area contributed by atoms with Crippen molar-refractivity contribution in [2.45, 2.75) is 46.1 Å². The Morgan fingerprint density at radius 3 is 3.00 bits per heavy atom. The van der Waals surface area contributed by atoms with Crippen molar-refractivity contribution in [2.75, 3.05) is 19.7 Å². The number of benzene rings is 1. The molecular formula is C21H30N2O3. The molecular weight excluding hydrogens is 328 g/mol. The van der Waals surface area contributed by atoms with Gasteiger partial charge in [-0.05, 0) is 63.7 Å². The van der Waals surface area contributed by atoms with Crippen LogP contribution in [0.1, 0.15) is 51.8 Å². The predicted molar refractivity (Wildman–Crippen MR) is 103 cm³/mol. The molecule has 2 aromatic rings. The summed E-state index contributed by atoms with van der Waals surface area (Å²) in [6.07, 6.45) is 2.97. The molecule has 5 heteroatoms. The molecule has 0 bridgehead atoms. The molecule has 3 rings (SSSR count). The van der Waals surface area contributed by atoms with Crippen molar-refractivity contribution in [3.63, 3.8) is 0 Å². The lowest BCUT2D eigenvalue weighted by molar-refractivity contribution is -0.123. The number of carbonyl (C=O) groups is 1. The van der Waals surface area contributed by atoms with Gasteiger partial charge in [-0.25, -0.2) is 0 Å². The van der Waals surface area contributed by atoms with Crippen LogP contribution in [0.4, 0.5) is 0 Å². The van der Waals surface area contributed by atoms with Crippen molar-refractivity contribution in [1.82, 2.24) is 10.6 Å². The first kappa shape index (κ1) is 18.8. The molecule has 1 aliphatic heterocycles. The van der Waals surface area contributed by atoms with Gasteiger partial charge in [0.1, 0.15) is 5.76 Å². The van der Waals surface area contributed by atoms with Gasteiger partial charge in [-0.1, -0.05) is 19.1 Å². The largest absolute Gasteiger partial charge is 0.490 e. The second-order valence-electron chi connectivity index (χ2n) is 7.33. The lowest BCUT2D eigenvalue weighted by Gasteiger charge is -2.28. The molecule has 1 aromatic heterocycles. The fourth-order valence-corrected chi connectivity index (χ4v) is 3.73. The van der Waals surface area contributed by atoms with Crippen LogP contribution in [0, 0.1) is 11.8 Å². The van der Waals surface area contributed by atoms with Crippen LogP contribution in [0.5, 0.6) is 5.75 Å². The summed E-state index contributed by atoms with van der Waals surface area (Å²) < 4.78 is 11.6. The minimum atomic E-state index is -0.166. The Bertz CT molecular complexity index is 734. The van der Waals surface area contributed by atoms with Gasteiger partial charge in [-0.3, -0.25) is 4.79 Å². The van der Waals surface area contributed by atoms with E-state index in [9.17, 15) is 4.79 Å². The molecule has 1 amide bonds. The number of fused-ring (bicyclic) bond motifs is 1. The van der Waals surface area contributed by atoms with Gasteiger partial charge in [0.15, 0.2) is 11.3 Å². The quantitative estimate of drug-likeness (QED) is 0.784. The first-order valence-corrected chi connectivity index (χ1v) is 9.73. The maximum atomic E-state index is 12.5. The summed E-state index contributed by atoms with van der Waals surface area (Å²) in [7, 11) is 0. The maximum absolute atomic E-state index is 12.5. The highest BCUT2D eigenvalue weighted by Crippen LogP contribution is 2.31. The highest BCUT2D eigenvalue weighted by molar-refractivity contribution is 5.84. The van der Waals surface area contributed by atoms with E-state index in [0.717, 1.165) is 35.6 Å². The molecule has 1 aromatic carbocycles. The third kappa shape index (κ3) is 4.39. The number of nitrogens with one attached hydrogen (secondary N) is 2. The van der Waals surface area contributed by atoms with Crippen molar-refractivity contribution in [1.29, 1.82) is 0 Å². The Morgan fingerprint density at radius 2 is 2.27 bits per heavy atom. The molecule has 1 aliphatic rings. The van der Waals surface area contributed by atoms with Crippen LogP contribution >= 0.6 is 0 Å². The molecule has 142 valence electrons. The SMILES string of the molecule is CCOc1cccc2cc(C(C)NC(=O)CC(C)C3CCCNC3)oc12. The molecule has 26 heavy (non-hydrogen) atoms. The van der Waals surface area contributed by atoms with Crippen LogP contribution in [0.15, 0.2) is 28.7 Å². The number of piperidine rings is 1. The van der Waals surface area contributed by atoms with E-state index in [-0.39, 0.29) is 11.9 Å². The normalized spacial score (nSPS) is 19.9. The fraction of sp³-hybridized carbons (Fsp3) is 0.571. The molecule has 0 radical (unpaired) electrons. The zero-order valence-electron chi connectivity index (χ0n) is 16.0. The Kier molecular flexibility index (Phi) is 6.20. The minimum absolute atomic E-state index is 0.0843. The van der Waals surface area contributed by atoms with E-state index in [1.165, 1.54) is 12.8 Å². The summed E-state index contributed by atoms with van der Waals surface area (Å²) in [4.78, 5) is 12.5. The Morgan fingerprint density at radius 1 is 1.42 bits per heavy atom. The van der Waals surface area contributed by atoms with E-state index in [1.807, 2.05) is 38.1 Å². The zero-order chi connectivity index (χ0) is 18.5. The smallest absolute Gasteiger partial charge is 0.220 e. The molecule has 0 aliphatic carbocycles. The summed E-state index contributed by atoms with van der Waals surface area (Å²) in [6, 6.07) is 7.67. The summed E-state index contributed by atoms with van der Waals surface area (Å²) in [5, 5.41) is 7.51. The lowest BCUT2D eigenvalue weighted by Crippen LogP contribution is -2.36. The summed E-state index contributed by atoms with van der Waals surface area (Å²) >= 11 is 0. The second-order valence-corrected chi connectivity index (χ2v) is 7.33. The van der Waals surface area contributed by atoms with Gasteiger partial charge in [0.2, 0.25) is 5.91 Å². The van der Waals surface area contributed by atoms with Gasteiger partial charge < -0.3 is 19.8 Å². The summed E-state index contributed by atoms with van der Waals surface area (Å²) in [5.74, 6) is 2.56. The van der Waals surface area contributed by atoms with Gasteiger partial charge in [0.25, 0.3) is 0 Å². The van der Waals surface area contributed by atoms with Crippen LogP contribution in [0.2, 0.25) is 0 Å². The Hall–Kier alpha value is -2.01. The van der Waals surface area contributed by atoms with Gasteiger partial charge in [-0.15, -0.1) is 0 Å². The van der Waals surface area contributed by atoms with Crippen LogP contribution in [-0.2, 0) is 4.79 Å². The number of ether oxygens (including phenoxy) is 1. The highest BCUT2D eigenvalue weighted by Gasteiger charge is 2.23. The molecule has 0 saturated carbocycles. The van der Waals surface area contributed by atoms with Crippen LogP contribution in [0.25, 0.3) is 11.0 Å². The van der Waals surface area contributed by atoms with E-state index in [4.69, 9.17) is 9.15 Å². The van der Waals surface area contributed by atoms with Crippen molar-refractivity contribution < 1.29 is 13.9 Å². The molecule has 3 atom stereocenters. The van der Waals surface area contributed by atoms with Gasteiger partial charge in [0.05, 0.1) is 12.6 Å². The van der Waals surface area contributed by atoms with Crippen molar-refractivity contribution >= 4 is 16.9 Å². The zero-order valence-corrected chi connectivity index (χ0v) is 16.0. The molecule has 1 fully saturated rings. The number of amides is 1. The molecule has 5 nitrogen and oxygen atoms in total. The van der Waals surface area contributed by atoms with E-state index in [0.29, 0.717) is 24.9 Å². The first-order chi connectivity index (χ1) is 12.6. The van der Waals surface area contributed by atoms with E-state index in [2.05, 4.69) is 17.6 Å². The number of furan rings is 1. The first-order valence-electron chi connectivity index (χ1n) is 9.73. The van der Waals surface area contributed by atoms with Gasteiger partial charge in [-0.2, -0.15) is 0 Å². The second kappa shape index (κ2) is 8.58. The van der Waals surface area contributed by atoms with Gasteiger partial charge in [0, 0.05) is 11.8 Å². The lowest BCUT2D eigenvalue weighted by atomic mass is 9.85. The van der Waals surface area contributed by atoms with E-state index >= 15 is 0 Å².